The van der Waals surface area contributed by atoms with Crippen molar-refractivity contribution in [3.63, 3.8) is 0 Å². The molecule has 0 saturated carbocycles. The van der Waals surface area contributed by atoms with Crippen LogP contribution in [0.1, 0.15) is 23.2 Å². The number of rotatable bonds is 4. The van der Waals surface area contributed by atoms with E-state index in [0.29, 0.717) is 30.5 Å². The van der Waals surface area contributed by atoms with Gasteiger partial charge in [0.15, 0.2) is 0 Å². The van der Waals surface area contributed by atoms with Crippen LogP contribution in [-0.4, -0.2) is 78.6 Å². The van der Waals surface area contributed by atoms with Gasteiger partial charge in [-0.2, -0.15) is 0 Å². The van der Waals surface area contributed by atoms with E-state index in [2.05, 4.69) is 15.2 Å². The highest BCUT2D eigenvalue weighted by Crippen LogP contribution is 2.24. The van der Waals surface area contributed by atoms with Gasteiger partial charge in [0.1, 0.15) is 5.82 Å². The highest BCUT2D eigenvalue weighted by Gasteiger charge is 2.38. The molecule has 0 spiro atoms. The van der Waals surface area contributed by atoms with Crippen LogP contribution in [0.3, 0.4) is 0 Å². The van der Waals surface area contributed by atoms with Crippen LogP contribution in [0.2, 0.25) is 0 Å². The molecular formula is C17H25N5O3. The summed E-state index contributed by atoms with van der Waals surface area (Å²) in [7, 11) is 3.50. The third-order valence-electron chi connectivity index (χ3n) is 4.78. The average Bonchev–Trinajstić information content (AvgIpc) is 2.96. The largest absolute Gasteiger partial charge is 0.384 e. The molecule has 0 unspecified atom stereocenters. The topological polar surface area (TPSA) is 101 Å². The van der Waals surface area contributed by atoms with Crippen molar-refractivity contribution in [3.05, 3.63) is 23.9 Å². The SMILES string of the molecule is CN(C)C(=O)C[C@H]1CN2C[C@@H](NC(=O)c3ccc(N)nc3)C[C@H]2CO1. The van der Waals surface area contributed by atoms with Crippen molar-refractivity contribution in [1.82, 2.24) is 20.1 Å². The van der Waals surface area contributed by atoms with Crippen LogP contribution in [0, 0.1) is 0 Å². The Bertz CT molecular complexity index is 634. The fraction of sp³-hybridized carbons (Fsp3) is 0.588. The minimum atomic E-state index is -0.141. The number of nitrogens with zero attached hydrogens (tertiary/aromatic N) is 3. The first kappa shape index (κ1) is 17.6. The average molecular weight is 347 g/mol. The molecule has 2 saturated heterocycles. The highest BCUT2D eigenvalue weighted by atomic mass is 16.5. The van der Waals surface area contributed by atoms with Gasteiger partial charge in [-0.3, -0.25) is 14.5 Å². The molecule has 1 aromatic rings. The number of anilines is 1. The Morgan fingerprint density at radius 2 is 2.20 bits per heavy atom. The predicted octanol–water partition coefficient (Wildman–Crippen LogP) is -0.286. The van der Waals surface area contributed by atoms with Gasteiger partial charge in [0.05, 0.1) is 24.7 Å². The van der Waals surface area contributed by atoms with Gasteiger partial charge in [0.2, 0.25) is 5.91 Å². The van der Waals surface area contributed by atoms with Gasteiger partial charge < -0.3 is 20.7 Å². The van der Waals surface area contributed by atoms with Crippen molar-refractivity contribution < 1.29 is 14.3 Å². The van der Waals surface area contributed by atoms with E-state index < -0.39 is 0 Å². The number of nitrogen functional groups attached to an aromatic ring is 1. The van der Waals surface area contributed by atoms with Gasteiger partial charge in [0, 0.05) is 45.5 Å². The molecule has 2 aliphatic rings. The summed E-state index contributed by atoms with van der Waals surface area (Å²) in [5.41, 5.74) is 6.05. The standard InChI is InChI=1S/C17H25N5O3/c1-21(2)16(23)6-14-9-22-8-12(5-13(22)10-25-14)20-17(24)11-3-4-15(18)19-7-11/h3-4,7,12-14H,5-6,8-10H2,1-2H3,(H2,18,19)(H,20,24)/t12-,13-,14-/m0/s1. The van der Waals surface area contributed by atoms with Gasteiger partial charge >= 0.3 is 0 Å². The molecule has 8 heteroatoms. The molecule has 0 radical (unpaired) electrons. The molecule has 1 aromatic heterocycles. The van der Waals surface area contributed by atoms with Crippen LogP contribution in [0.4, 0.5) is 5.82 Å². The lowest BCUT2D eigenvalue weighted by Gasteiger charge is -2.35. The minimum Gasteiger partial charge on any atom is -0.384 e. The molecule has 2 fully saturated rings. The van der Waals surface area contributed by atoms with E-state index in [1.807, 2.05) is 0 Å². The van der Waals surface area contributed by atoms with E-state index in [9.17, 15) is 9.59 Å². The predicted molar refractivity (Wildman–Crippen MR) is 92.9 cm³/mol. The first-order chi connectivity index (χ1) is 11.9. The van der Waals surface area contributed by atoms with Crippen LogP contribution in [-0.2, 0) is 9.53 Å². The maximum Gasteiger partial charge on any atom is 0.253 e. The summed E-state index contributed by atoms with van der Waals surface area (Å²) in [6.45, 7) is 2.09. The number of ether oxygens (including phenoxy) is 1. The Hall–Kier alpha value is -2.19. The van der Waals surface area contributed by atoms with E-state index in [1.165, 1.54) is 6.20 Å². The molecule has 2 amide bonds. The number of aromatic nitrogens is 1. The number of pyridine rings is 1. The van der Waals surface area contributed by atoms with Crippen molar-refractivity contribution >= 4 is 17.6 Å². The number of carbonyl (C=O) groups excluding carboxylic acids is 2. The van der Waals surface area contributed by atoms with Crippen molar-refractivity contribution in [2.24, 2.45) is 0 Å². The molecule has 136 valence electrons. The smallest absolute Gasteiger partial charge is 0.253 e. The van der Waals surface area contributed by atoms with Crippen LogP contribution in [0.5, 0.6) is 0 Å². The molecule has 8 nitrogen and oxygen atoms in total. The maximum atomic E-state index is 12.3. The van der Waals surface area contributed by atoms with E-state index in [0.717, 1.165) is 19.5 Å². The first-order valence-corrected chi connectivity index (χ1v) is 8.50. The van der Waals surface area contributed by atoms with Crippen molar-refractivity contribution in [2.75, 3.05) is 39.5 Å². The molecule has 0 aromatic carbocycles. The monoisotopic (exact) mass is 347 g/mol. The first-order valence-electron chi connectivity index (χ1n) is 8.50. The second-order valence-corrected chi connectivity index (χ2v) is 6.93. The summed E-state index contributed by atoms with van der Waals surface area (Å²) in [5.74, 6) is 0.325. The number of carbonyl (C=O) groups is 2. The number of nitrogens with two attached hydrogens (primary N) is 1. The minimum absolute atomic E-state index is 0.0713. The zero-order chi connectivity index (χ0) is 18.0. The van der Waals surface area contributed by atoms with Crippen molar-refractivity contribution in [1.29, 1.82) is 0 Å². The molecular weight excluding hydrogens is 322 g/mol. The summed E-state index contributed by atoms with van der Waals surface area (Å²) in [6, 6.07) is 3.65. The summed E-state index contributed by atoms with van der Waals surface area (Å²) in [4.78, 5) is 32.0. The highest BCUT2D eigenvalue weighted by molar-refractivity contribution is 5.94. The number of fused-ring (bicyclic) bond motifs is 1. The van der Waals surface area contributed by atoms with E-state index in [-0.39, 0.29) is 24.0 Å². The second-order valence-electron chi connectivity index (χ2n) is 6.93. The third kappa shape index (κ3) is 4.26. The quantitative estimate of drug-likeness (QED) is 0.776. The number of hydrogen-bond donors (Lipinski definition) is 2. The van der Waals surface area contributed by atoms with Crippen LogP contribution < -0.4 is 11.1 Å². The number of nitrogens with one attached hydrogen (secondary N) is 1. The van der Waals surface area contributed by atoms with Crippen molar-refractivity contribution in [2.45, 2.75) is 31.0 Å². The van der Waals surface area contributed by atoms with Gasteiger partial charge in [0.25, 0.3) is 5.91 Å². The molecule has 2 aliphatic heterocycles. The lowest BCUT2D eigenvalue weighted by atomic mass is 10.1. The summed E-state index contributed by atoms with van der Waals surface area (Å²) < 4.78 is 5.84. The Morgan fingerprint density at radius 1 is 1.40 bits per heavy atom. The van der Waals surface area contributed by atoms with Crippen LogP contribution in [0.15, 0.2) is 18.3 Å². The van der Waals surface area contributed by atoms with E-state index >= 15 is 0 Å². The normalized spacial score (nSPS) is 26.1. The number of hydrogen-bond acceptors (Lipinski definition) is 6. The Labute approximate surface area is 147 Å². The van der Waals surface area contributed by atoms with Crippen molar-refractivity contribution in [3.8, 4) is 0 Å². The molecule has 0 bridgehead atoms. The molecule has 3 heterocycles. The molecule has 25 heavy (non-hydrogen) atoms. The van der Waals surface area contributed by atoms with E-state index in [1.54, 1.807) is 31.1 Å². The fourth-order valence-electron chi connectivity index (χ4n) is 3.36. The van der Waals surface area contributed by atoms with Crippen LogP contribution >= 0.6 is 0 Å². The lowest BCUT2D eigenvalue weighted by molar-refractivity contribution is -0.134. The third-order valence-corrected chi connectivity index (χ3v) is 4.78. The summed E-state index contributed by atoms with van der Waals surface area (Å²) >= 11 is 0. The van der Waals surface area contributed by atoms with Gasteiger partial charge in [-0.25, -0.2) is 4.98 Å². The van der Waals surface area contributed by atoms with E-state index in [4.69, 9.17) is 10.5 Å². The molecule has 3 N–H and O–H groups in total. The Kier molecular flexibility index (Phi) is 5.19. The number of amides is 2. The summed E-state index contributed by atoms with van der Waals surface area (Å²) in [6.07, 6.45) is 2.65. The maximum absolute atomic E-state index is 12.3. The fourth-order valence-corrected chi connectivity index (χ4v) is 3.36. The molecule has 0 aliphatic carbocycles. The zero-order valence-electron chi connectivity index (χ0n) is 14.6. The molecule has 3 rings (SSSR count). The lowest BCUT2D eigenvalue weighted by Crippen LogP contribution is -2.47. The van der Waals surface area contributed by atoms with Crippen LogP contribution in [0.25, 0.3) is 0 Å². The van der Waals surface area contributed by atoms with Gasteiger partial charge in [-0.05, 0) is 18.6 Å². The number of morpholine rings is 1. The van der Waals surface area contributed by atoms with Gasteiger partial charge in [-0.15, -0.1) is 0 Å². The van der Waals surface area contributed by atoms with Gasteiger partial charge in [-0.1, -0.05) is 0 Å². The Morgan fingerprint density at radius 3 is 2.88 bits per heavy atom. The molecule has 3 atom stereocenters. The Balaban J connectivity index is 1.52. The second kappa shape index (κ2) is 7.37. The summed E-state index contributed by atoms with van der Waals surface area (Å²) in [5, 5.41) is 3.05. The zero-order valence-corrected chi connectivity index (χ0v) is 14.6.